The van der Waals surface area contributed by atoms with Crippen molar-refractivity contribution in [2.45, 2.75) is 19.3 Å². The van der Waals surface area contributed by atoms with E-state index in [-0.39, 0.29) is 0 Å². The molecule has 0 spiro atoms. The van der Waals surface area contributed by atoms with Crippen LogP contribution >= 0.6 is 0 Å². The van der Waals surface area contributed by atoms with Gasteiger partial charge < -0.3 is 0 Å². The molecule has 0 atom stereocenters. The summed E-state index contributed by atoms with van der Waals surface area (Å²) in [6.45, 7) is 0.675. The number of aryl methyl sites for hydroxylation is 1. The molecular formula is C11H15NSe. The Kier molecular flexibility index (Phi) is 4.99. The minimum atomic E-state index is 0.675. The summed E-state index contributed by atoms with van der Waals surface area (Å²) in [6.07, 6.45) is 3.43. The minimum absolute atomic E-state index is 0.675. The number of hydrogen-bond donors (Lipinski definition) is 1. The van der Waals surface area contributed by atoms with E-state index in [1.165, 1.54) is 16.4 Å². The third-order valence-corrected chi connectivity index (χ3v) is 2.77. The van der Waals surface area contributed by atoms with Gasteiger partial charge in [-0.1, -0.05) is 0 Å². The van der Waals surface area contributed by atoms with E-state index in [0.29, 0.717) is 6.54 Å². The van der Waals surface area contributed by atoms with Crippen LogP contribution in [0, 0.1) is 0 Å². The number of nitrogens with two attached hydrogens (primary N) is 1. The van der Waals surface area contributed by atoms with Gasteiger partial charge in [-0.05, 0) is 0 Å². The predicted octanol–water partition coefficient (Wildman–Crippen LogP) is 1.31. The Labute approximate surface area is 87.7 Å². The molecule has 0 heterocycles. The zero-order valence-electron chi connectivity index (χ0n) is 7.70. The van der Waals surface area contributed by atoms with Gasteiger partial charge in [0.2, 0.25) is 0 Å². The van der Waals surface area contributed by atoms with Crippen LogP contribution in [0.3, 0.4) is 0 Å². The van der Waals surface area contributed by atoms with Crippen molar-refractivity contribution < 1.29 is 0 Å². The van der Waals surface area contributed by atoms with E-state index in [1.54, 1.807) is 0 Å². The second-order valence-electron chi connectivity index (χ2n) is 3.08. The van der Waals surface area contributed by atoms with Crippen LogP contribution in [0.4, 0.5) is 0 Å². The van der Waals surface area contributed by atoms with E-state index in [2.05, 4.69) is 45.9 Å². The molecule has 0 radical (unpaired) electrons. The summed E-state index contributed by atoms with van der Waals surface area (Å²) in [6, 6.07) is 10.6. The van der Waals surface area contributed by atoms with Gasteiger partial charge in [0, 0.05) is 0 Å². The molecule has 1 aromatic carbocycles. The fraction of sp³-hybridized carbons (Fsp3) is 0.364. The van der Waals surface area contributed by atoms with Crippen molar-refractivity contribution in [3.05, 3.63) is 35.9 Å². The monoisotopic (exact) mass is 241 g/mol. The van der Waals surface area contributed by atoms with Crippen molar-refractivity contribution in [1.29, 1.82) is 0 Å². The average molecular weight is 240 g/mol. The van der Waals surface area contributed by atoms with Gasteiger partial charge in [0.1, 0.15) is 0 Å². The molecule has 13 heavy (non-hydrogen) atoms. The average Bonchev–Trinajstić information content (AvgIpc) is 2.19. The van der Waals surface area contributed by atoms with Crippen LogP contribution in [0.1, 0.15) is 18.4 Å². The van der Waals surface area contributed by atoms with E-state index < -0.39 is 0 Å². The van der Waals surface area contributed by atoms with Crippen LogP contribution in [0.15, 0.2) is 30.3 Å². The zero-order chi connectivity index (χ0) is 9.52. The second-order valence-corrected chi connectivity index (χ2v) is 4.29. The fourth-order valence-corrected chi connectivity index (χ4v) is 1.54. The molecule has 70 valence electrons. The molecular weight excluding hydrogens is 225 g/mol. The zero-order valence-corrected chi connectivity index (χ0v) is 9.41. The van der Waals surface area contributed by atoms with Gasteiger partial charge in [-0.3, -0.25) is 0 Å². The number of benzene rings is 1. The Morgan fingerprint density at radius 1 is 1.23 bits per heavy atom. The van der Waals surface area contributed by atoms with Crippen molar-refractivity contribution in [1.82, 2.24) is 0 Å². The summed E-state index contributed by atoms with van der Waals surface area (Å²) in [4.78, 5) is 0. The first-order chi connectivity index (χ1) is 6.33. The van der Waals surface area contributed by atoms with Crippen molar-refractivity contribution in [2.24, 2.45) is 5.73 Å². The molecule has 0 bridgehead atoms. The summed E-state index contributed by atoms with van der Waals surface area (Å²) in [5.41, 5.74) is 6.89. The molecule has 0 fully saturated rings. The number of hydrogen-bond acceptors (Lipinski definition) is 1. The maximum absolute atomic E-state index is 5.48. The van der Waals surface area contributed by atoms with Crippen LogP contribution in [0.25, 0.3) is 0 Å². The summed E-state index contributed by atoms with van der Waals surface area (Å²) >= 11 is 3.00. The van der Waals surface area contributed by atoms with E-state index in [4.69, 9.17) is 5.73 Å². The van der Waals surface area contributed by atoms with Crippen LogP contribution in [-0.2, 0) is 6.42 Å². The van der Waals surface area contributed by atoms with Crippen molar-refractivity contribution in [2.75, 3.05) is 6.54 Å². The fourth-order valence-electron chi connectivity index (χ4n) is 1.24. The van der Waals surface area contributed by atoms with Gasteiger partial charge in [0.05, 0.1) is 0 Å². The van der Waals surface area contributed by atoms with Gasteiger partial charge in [0.25, 0.3) is 0 Å². The van der Waals surface area contributed by atoms with Gasteiger partial charge in [0.15, 0.2) is 0 Å². The molecule has 1 aromatic rings. The Bertz CT molecular complexity index is 256. The first-order valence-electron chi connectivity index (χ1n) is 4.58. The molecule has 0 aliphatic rings. The van der Waals surface area contributed by atoms with Crippen LogP contribution in [0.5, 0.6) is 0 Å². The van der Waals surface area contributed by atoms with Gasteiger partial charge >= 0.3 is 87.4 Å². The molecule has 2 N–H and O–H groups in total. The first-order valence-corrected chi connectivity index (χ1v) is 5.44. The van der Waals surface area contributed by atoms with Crippen LogP contribution in [-0.4, -0.2) is 26.5 Å². The standard InChI is InChI=1S/C11H15NSe/c12-9-11(13)8-4-7-10-5-2-1-3-6-10/h1-3,5-6H,4,7-9,12H2. The van der Waals surface area contributed by atoms with Crippen molar-refractivity contribution in [3.8, 4) is 0 Å². The molecule has 0 amide bonds. The van der Waals surface area contributed by atoms with E-state index in [0.717, 1.165) is 12.8 Å². The Morgan fingerprint density at radius 2 is 1.92 bits per heavy atom. The second kappa shape index (κ2) is 6.09. The van der Waals surface area contributed by atoms with E-state index >= 15 is 0 Å². The van der Waals surface area contributed by atoms with Gasteiger partial charge in [-0.25, -0.2) is 0 Å². The molecule has 0 aromatic heterocycles. The summed E-state index contributed by atoms with van der Waals surface area (Å²) < 4.78 is 1.27. The van der Waals surface area contributed by atoms with Crippen molar-refractivity contribution in [3.63, 3.8) is 0 Å². The van der Waals surface area contributed by atoms with Crippen LogP contribution < -0.4 is 5.73 Å². The Hall–Kier alpha value is -0.431. The first kappa shape index (κ1) is 10.6. The molecule has 0 aliphatic heterocycles. The Morgan fingerprint density at radius 3 is 2.54 bits per heavy atom. The van der Waals surface area contributed by atoms with E-state index in [9.17, 15) is 0 Å². The third kappa shape index (κ3) is 4.37. The topological polar surface area (TPSA) is 26.0 Å². The Balaban J connectivity index is 2.24. The summed E-state index contributed by atoms with van der Waals surface area (Å²) in [7, 11) is 0. The molecule has 0 unspecified atom stereocenters. The summed E-state index contributed by atoms with van der Waals surface area (Å²) in [5.74, 6) is 0. The predicted molar refractivity (Wildman–Crippen MR) is 59.2 cm³/mol. The van der Waals surface area contributed by atoms with Gasteiger partial charge in [-0.15, -0.1) is 0 Å². The molecule has 1 nitrogen and oxygen atoms in total. The third-order valence-electron chi connectivity index (χ3n) is 1.99. The molecule has 2 heteroatoms. The van der Waals surface area contributed by atoms with Crippen LogP contribution in [0.2, 0.25) is 0 Å². The van der Waals surface area contributed by atoms with Crippen molar-refractivity contribution >= 4 is 20.0 Å². The normalized spacial score (nSPS) is 9.92. The molecule has 0 saturated carbocycles. The van der Waals surface area contributed by atoms with Gasteiger partial charge in [-0.2, -0.15) is 0 Å². The maximum atomic E-state index is 5.48. The SMILES string of the molecule is NCC(=[Se])CCCc1ccccc1. The molecule has 1 rings (SSSR count). The molecule has 0 aliphatic carbocycles. The summed E-state index contributed by atoms with van der Waals surface area (Å²) in [5, 5.41) is 0. The molecule has 0 saturated heterocycles. The quantitative estimate of drug-likeness (QED) is 0.771. The number of rotatable bonds is 5. The van der Waals surface area contributed by atoms with E-state index in [1.807, 2.05) is 0 Å².